The van der Waals surface area contributed by atoms with Crippen LogP contribution >= 0.6 is 0 Å². The van der Waals surface area contributed by atoms with E-state index in [0.717, 1.165) is 37.7 Å². The van der Waals surface area contributed by atoms with Gasteiger partial charge in [-0.3, -0.25) is 9.59 Å². The average molecular weight is 287 g/mol. The molecule has 1 aromatic rings. The molecule has 1 aromatic carbocycles. The number of amides is 1. The van der Waals surface area contributed by atoms with Crippen LogP contribution in [-0.4, -0.2) is 23.0 Å². The summed E-state index contributed by atoms with van der Waals surface area (Å²) in [4.78, 5) is 23.9. The van der Waals surface area contributed by atoms with Gasteiger partial charge in [-0.15, -0.1) is 0 Å². The van der Waals surface area contributed by atoms with Crippen LogP contribution in [0, 0.1) is 5.41 Å². The number of carboxylic acid groups (broad SMARTS) is 1. The zero-order valence-corrected chi connectivity index (χ0v) is 12.3. The lowest BCUT2D eigenvalue weighted by atomic mass is 9.82. The van der Waals surface area contributed by atoms with Crippen molar-refractivity contribution in [2.75, 3.05) is 0 Å². The molecule has 3 rings (SSSR count). The Balaban J connectivity index is 1.80. The van der Waals surface area contributed by atoms with E-state index in [0.29, 0.717) is 0 Å². The molecule has 1 amide bonds. The maximum Gasteiger partial charge on any atom is 0.319 e. The third-order valence-electron chi connectivity index (χ3n) is 4.61. The number of carbonyl (C=O) groups excluding carboxylic acids is 1. The van der Waals surface area contributed by atoms with Crippen LogP contribution < -0.4 is 5.32 Å². The van der Waals surface area contributed by atoms with Crippen LogP contribution in [0.1, 0.15) is 42.9 Å². The second-order valence-corrected chi connectivity index (χ2v) is 6.52. The van der Waals surface area contributed by atoms with Crippen LogP contribution in [0.3, 0.4) is 0 Å². The number of aliphatic carboxylic acids is 1. The maximum absolute atomic E-state index is 12.3. The van der Waals surface area contributed by atoms with Gasteiger partial charge in [0.25, 0.3) is 0 Å². The highest BCUT2D eigenvalue weighted by Gasteiger charge is 2.43. The molecule has 2 N–H and O–H groups in total. The van der Waals surface area contributed by atoms with Gasteiger partial charge >= 0.3 is 5.97 Å². The highest BCUT2D eigenvalue weighted by Crippen LogP contribution is 2.29. The van der Waals surface area contributed by atoms with Crippen LogP contribution in [0.4, 0.5) is 0 Å². The lowest BCUT2D eigenvalue weighted by Gasteiger charge is -2.24. The summed E-state index contributed by atoms with van der Waals surface area (Å²) in [6.45, 7) is 1.53. The zero-order valence-electron chi connectivity index (χ0n) is 12.3. The van der Waals surface area contributed by atoms with Gasteiger partial charge in [0.2, 0.25) is 5.91 Å². The third kappa shape index (κ3) is 2.80. The van der Waals surface area contributed by atoms with E-state index < -0.39 is 11.4 Å². The van der Waals surface area contributed by atoms with Crippen molar-refractivity contribution >= 4 is 11.9 Å². The van der Waals surface area contributed by atoms with Crippen molar-refractivity contribution in [2.45, 2.75) is 51.5 Å². The van der Waals surface area contributed by atoms with Crippen LogP contribution in [-0.2, 0) is 28.9 Å². The Labute approximate surface area is 124 Å². The summed E-state index contributed by atoms with van der Waals surface area (Å²) < 4.78 is 0. The van der Waals surface area contributed by atoms with E-state index in [1.54, 1.807) is 0 Å². The van der Waals surface area contributed by atoms with Crippen LogP contribution in [0.5, 0.6) is 0 Å². The molecule has 2 aliphatic rings. The minimum absolute atomic E-state index is 0.177. The van der Waals surface area contributed by atoms with Crippen molar-refractivity contribution in [1.82, 2.24) is 5.32 Å². The Hall–Kier alpha value is -1.84. The number of aryl methyl sites for hydroxylation is 2. The average Bonchev–Trinajstić information content (AvgIpc) is 3.13. The number of fused-ring (bicyclic) bond motifs is 1. The summed E-state index contributed by atoms with van der Waals surface area (Å²) in [5, 5.41) is 12.4. The minimum Gasteiger partial charge on any atom is -0.480 e. The summed E-state index contributed by atoms with van der Waals surface area (Å²) in [6.07, 6.45) is 5.49. The first kappa shape index (κ1) is 14.1. The highest BCUT2D eigenvalue weighted by atomic mass is 16.4. The monoisotopic (exact) mass is 287 g/mol. The quantitative estimate of drug-likeness (QED) is 0.815. The van der Waals surface area contributed by atoms with Crippen molar-refractivity contribution in [1.29, 1.82) is 0 Å². The molecule has 0 radical (unpaired) electrons. The SMILES string of the molecule is CC(Cc1ccc2c(c1)CCC2)(C(=O)O)C(=O)NC1CC1. The fraction of sp³-hybridized carbons (Fsp3) is 0.529. The molecule has 2 aliphatic carbocycles. The van der Waals surface area contributed by atoms with E-state index in [9.17, 15) is 14.7 Å². The van der Waals surface area contributed by atoms with E-state index in [1.807, 2.05) is 6.07 Å². The molecule has 0 aliphatic heterocycles. The van der Waals surface area contributed by atoms with E-state index in [-0.39, 0.29) is 18.4 Å². The molecule has 0 aromatic heterocycles. The Kier molecular flexibility index (Phi) is 3.47. The molecule has 1 unspecified atom stereocenters. The number of rotatable bonds is 5. The summed E-state index contributed by atoms with van der Waals surface area (Å²) in [5.74, 6) is -1.42. The van der Waals surface area contributed by atoms with E-state index in [2.05, 4.69) is 17.4 Å². The molecule has 4 heteroatoms. The first-order valence-corrected chi connectivity index (χ1v) is 7.64. The van der Waals surface area contributed by atoms with Crippen LogP contribution in [0.25, 0.3) is 0 Å². The summed E-state index contributed by atoms with van der Waals surface area (Å²) >= 11 is 0. The second kappa shape index (κ2) is 5.17. The lowest BCUT2D eigenvalue weighted by molar-refractivity contribution is -0.154. The van der Waals surface area contributed by atoms with Gasteiger partial charge in [-0.1, -0.05) is 18.2 Å². The first-order valence-electron chi connectivity index (χ1n) is 7.64. The minimum atomic E-state index is -1.39. The van der Waals surface area contributed by atoms with Gasteiger partial charge in [0.15, 0.2) is 0 Å². The summed E-state index contributed by atoms with van der Waals surface area (Å²) in [5.41, 5.74) is 2.21. The van der Waals surface area contributed by atoms with E-state index in [1.165, 1.54) is 18.1 Å². The second-order valence-electron chi connectivity index (χ2n) is 6.52. The standard InChI is InChI=1S/C17H21NO3/c1-17(16(20)21,15(19)18-14-7-8-14)10-11-5-6-12-3-2-4-13(12)9-11/h5-6,9,14H,2-4,7-8,10H2,1H3,(H,18,19)(H,20,21). The van der Waals surface area contributed by atoms with E-state index >= 15 is 0 Å². The Morgan fingerprint density at radius 1 is 1.29 bits per heavy atom. The normalized spacial score (nSPS) is 19.7. The van der Waals surface area contributed by atoms with Crippen molar-refractivity contribution < 1.29 is 14.7 Å². The Morgan fingerprint density at radius 3 is 2.67 bits per heavy atom. The number of benzene rings is 1. The highest BCUT2D eigenvalue weighted by molar-refractivity contribution is 6.02. The van der Waals surface area contributed by atoms with Crippen LogP contribution in [0.2, 0.25) is 0 Å². The van der Waals surface area contributed by atoms with Gasteiger partial charge in [0.05, 0.1) is 0 Å². The molecule has 1 fully saturated rings. The van der Waals surface area contributed by atoms with Gasteiger partial charge in [-0.2, -0.15) is 0 Å². The lowest BCUT2D eigenvalue weighted by Crippen LogP contribution is -2.46. The van der Waals surface area contributed by atoms with Crippen molar-refractivity contribution in [3.05, 3.63) is 34.9 Å². The fourth-order valence-electron chi connectivity index (χ4n) is 2.97. The molecule has 21 heavy (non-hydrogen) atoms. The van der Waals surface area contributed by atoms with Gasteiger partial charge in [-0.05, 0) is 62.1 Å². The number of carboxylic acids is 1. The number of nitrogens with one attached hydrogen (secondary N) is 1. The largest absolute Gasteiger partial charge is 0.480 e. The molecule has 0 bridgehead atoms. The molecule has 1 saturated carbocycles. The predicted molar refractivity (Wildman–Crippen MR) is 79.1 cm³/mol. The number of hydrogen-bond donors (Lipinski definition) is 2. The molecule has 0 saturated heterocycles. The van der Waals surface area contributed by atoms with Gasteiger partial charge in [0.1, 0.15) is 5.41 Å². The van der Waals surface area contributed by atoms with Crippen molar-refractivity contribution in [3.8, 4) is 0 Å². The summed E-state index contributed by atoms with van der Waals surface area (Å²) in [7, 11) is 0. The van der Waals surface area contributed by atoms with Crippen LogP contribution in [0.15, 0.2) is 18.2 Å². The molecule has 1 atom stereocenters. The van der Waals surface area contributed by atoms with Gasteiger partial charge in [0, 0.05) is 6.04 Å². The third-order valence-corrected chi connectivity index (χ3v) is 4.61. The maximum atomic E-state index is 12.3. The Morgan fingerprint density at radius 2 is 2.00 bits per heavy atom. The molecular formula is C17H21NO3. The molecule has 0 heterocycles. The molecule has 4 nitrogen and oxygen atoms in total. The molecule has 112 valence electrons. The number of hydrogen-bond acceptors (Lipinski definition) is 2. The number of carbonyl (C=O) groups is 2. The molecule has 0 spiro atoms. The predicted octanol–water partition coefficient (Wildman–Crippen LogP) is 2.09. The van der Waals surface area contributed by atoms with Crippen molar-refractivity contribution in [3.63, 3.8) is 0 Å². The summed E-state index contributed by atoms with van der Waals surface area (Å²) in [6, 6.07) is 6.30. The van der Waals surface area contributed by atoms with Gasteiger partial charge in [-0.25, -0.2) is 0 Å². The fourth-order valence-corrected chi connectivity index (χ4v) is 2.97. The Bertz CT molecular complexity index is 592. The topological polar surface area (TPSA) is 66.4 Å². The smallest absolute Gasteiger partial charge is 0.319 e. The zero-order chi connectivity index (χ0) is 15.0. The van der Waals surface area contributed by atoms with Crippen molar-refractivity contribution in [2.24, 2.45) is 5.41 Å². The van der Waals surface area contributed by atoms with Gasteiger partial charge < -0.3 is 10.4 Å². The first-order chi connectivity index (χ1) is 9.99. The molecular weight excluding hydrogens is 266 g/mol. The van der Waals surface area contributed by atoms with E-state index in [4.69, 9.17) is 0 Å².